The summed E-state index contributed by atoms with van der Waals surface area (Å²) in [4.78, 5) is 24.9. The molecule has 1 aromatic carbocycles. The Morgan fingerprint density at radius 1 is 1.33 bits per heavy atom. The Morgan fingerprint density at radius 3 is 2.44 bits per heavy atom. The van der Waals surface area contributed by atoms with Crippen LogP contribution in [0.4, 0.5) is 10.5 Å². The lowest BCUT2D eigenvalue weighted by Crippen LogP contribution is -2.27. The van der Waals surface area contributed by atoms with Crippen LogP contribution in [0.5, 0.6) is 0 Å². The smallest absolute Gasteiger partial charge is 0.412 e. The summed E-state index contributed by atoms with van der Waals surface area (Å²) >= 11 is 0. The highest BCUT2D eigenvalue weighted by Gasteiger charge is 2.15. The fourth-order valence-corrected chi connectivity index (χ4v) is 1.24. The highest BCUT2D eigenvalue weighted by molar-refractivity contribution is 5.84. The van der Waals surface area contributed by atoms with E-state index in [4.69, 9.17) is 4.74 Å². The maximum absolute atomic E-state index is 11.5. The molecule has 0 saturated carbocycles. The molecule has 0 aromatic heterocycles. The Balaban J connectivity index is 2.58. The van der Waals surface area contributed by atoms with Crippen molar-refractivity contribution in [3.63, 3.8) is 0 Å². The Kier molecular flexibility index (Phi) is 4.63. The maximum Gasteiger partial charge on any atom is 0.412 e. The van der Waals surface area contributed by atoms with Crippen LogP contribution in [0.2, 0.25) is 0 Å². The van der Waals surface area contributed by atoms with Crippen LogP contribution in [0.15, 0.2) is 29.3 Å². The largest absolute Gasteiger partial charge is 0.444 e. The lowest BCUT2D eigenvalue weighted by Gasteiger charge is -2.19. The Morgan fingerprint density at radius 2 is 1.94 bits per heavy atom. The van der Waals surface area contributed by atoms with E-state index in [2.05, 4.69) is 10.3 Å². The molecule has 18 heavy (non-hydrogen) atoms. The summed E-state index contributed by atoms with van der Waals surface area (Å²) in [5.74, 6) is 0. The van der Waals surface area contributed by atoms with Gasteiger partial charge in [-0.1, -0.05) is 12.1 Å². The van der Waals surface area contributed by atoms with Crippen molar-refractivity contribution in [3.05, 3.63) is 29.8 Å². The number of carbonyl (C=O) groups excluding carboxylic acids is 2. The predicted octanol–water partition coefficient (Wildman–Crippen LogP) is 2.87. The van der Waals surface area contributed by atoms with Crippen LogP contribution in [0, 0.1) is 0 Å². The van der Waals surface area contributed by atoms with E-state index in [0.717, 1.165) is 5.56 Å². The zero-order valence-electron chi connectivity index (χ0n) is 10.7. The first-order valence-corrected chi connectivity index (χ1v) is 5.53. The van der Waals surface area contributed by atoms with Gasteiger partial charge in [0.15, 0.2) is 0 Å². The number of nitrogens with one attached hydrogen (secondary N) is 1. The third-order valence-electron chi connectivity index (χ3n) is 1.93. The van der Waals surface area contributed by atoms with Gasteiger partial charge in [0.05, 0.1) is 6.54 Å². The molecule has 0 heterocycles. The zero-order chi connectivity index (χ0) is 13.6. The number of aliphatic imine (C=N–C) groups is 1. The summed E-state index contributed by atoms with van der Waals surface area (Å²) in [6.07, 6.45) is 0.975. The first-order valence-electron chi connectivity index (χ1n) is 5.53. The molecule has 0 aliphatic rings. The molecule has 0 radical (unpaired) electrons. The second-order valence-electron chi connectivity index (χ2n) is 4.73. The van der Waals surface area contributed by atoms with Gasteiger partial charge in [0, 0.05) is 5.69 Å². The molecule has 0 aliphatic heterocycles. The van der Waals surface area contributed by atoms with Gasteiger partial charge in [-0.05, 0) is 38.5 Å². The second kappa shape index (κ2) is 5.98. The van der Waals surface area contributed by atoms with E-state index in [0.29, 0.717) is 5.69 Å². The number of carbonyl (C=O) groups is 1. The van der Waals surface area contributed by atoms with E-state index in [1.54, 1.807) is 45.0 Å². The molecule has 0 fully saturated rings. The molecule has 1 amide bonds. The van der Waals surface area contributed by atoms with Crippen molar-refractivity contribution in [1.29, 1.82) is 0 Å². The van der Waals surface area contributed by atoms with E-state index in [-0.39, 0.29) is 6.54 Å². The molecule has 1 aromatic rings. The summed E-state index contributed by atoms with van der Waals surface area (Å²) in [5, 5.41) is 2.61. The van der Waals surface area contributed by atoms with E-state index in [1.165, 1.54) is 6.08 Å². The number of ether oxygens (including phenoxy) is 1. The molecule has 0 bridgehead atoms. The summed E-state index contributed by atoms with van der Waals surface area (Å²) < 4.78 is 5.12. The fraction of sp³-hybridized carbons (Fsp3) is 0.385. The van der Waals surface area contributed by atoms with E-state index in [9.17, 15) is 9.59 Å². The van der Waals surface area contributed by atoms with E-state index >= 15 is 0 Å². The predicted molar refractivity (Wildman–Crippen MR) is 68.1 cm³/mol. The number of hydrogen-bond acceptors (Lipinski definition) is 4. The second-order valence-corrected chi connectivity index (χ2v) is 4.73. The molecule has 5 nitrogen and oxygen atoms in total. The molecule has 0 atom stereocenters. The van der Waals surface area contributed by atoms with Gasteiger partial charge in [0.1, 0.15) is 5.60 Å². The number of anilines is 1. The lowest BCUT2D eigenvalue weighted by molar-refractivity contribution is 0.0636. The van der Waals surface area contributed by atoms with Gasteiger partial charge >= 0.3 is 6.09 Å². The molecule has 5 heteroatoms. The highest BCUT2D eigenvalue weighted by Crippen LogP contribution is 2.13. The SMILES string of the molecule is CC(C)(C)OC(=O)Nc1ccc(CN=C=O)cc1. The fourth-order valence-electron chi connectivity index (χ4n) is 1.24. The summed E-state index contributed by atoms with van der Waals surface area (Å²) in [5.41, 5.74) is 0.971. The van der Waals surface area contributed by atoms with Crippen LogP contribution in [0.3, 0.4) is 0 Å². The summed E-state index contributed by atoms with van der Waals surface area (Å²) in [6, 6.07) is 6.99. The highest BCUT2D eigenvalue weighted by atomic mass is 16.6. The monoisotopic (exact) mass is 248 g/mol. The van der Waals surface area contributed by atoms with Gasteiger partial charge < -0.3 is 4.74 Å². The van der Waals surface area contributed by atoms with Gasteiger partial charge in [0.25, 0.3) is 0 Å². The first kappa shape index (κ1) is 13.9. The quantitative estimate of drug-likeness (QED) is 0.660. The first-order chi connectivity index (χ1) is 8.40. The van der Waals surface area contributed by atoms with Crippen LogP contribution in [-0.2, 0) is 16.1 Å². The van der Waals surface area contributed by atoms with Crippen molar-refractivity contribution < 1.29 is 14.3 Å². The number of nitrogens with zero attached hydrogens (tertiary/aromatic N) is 1. The Bertz CT molecular complexity index is 454. The van der Waals surface area contributed by atoms with Crippen molar-refractivity contribution in [2.75, 3.05) is 5.32 Å². The van der Waals surface area contributed by atoms with Gasteiger partial charge in [-0.3, -0.25) is 5.32 Å². The van der Waals surface area contributed by atoms with E-state index in [1.807, 2.05) is 0 Å². The Labute approximate surface area is 106 Å². The molecule has 0 unspecified atom stereocenters. The minimum atomic E-state index is -0.525. The van der Waals surface area contributed by atoms with Crippen molar-refractivity contribution in [3.8, 4) is 0 Å². The molecule has 0 spiro atoms. The topological polar surface area (TPSA) is 67.8 Å². The standard InChI is InChI=1S/C13H16N2O3/c1-13(2,3)18-12(17)15-11-6-4-10(5-7-11)8-14-9-16/h4-7H,8H2,1-3H3,(H,15,17). The lowest BCUT2D eigenvalue weighted by atomic mass is 10.2. The van der Waals surface area contributed by atoms with Crippen LogP contribution >= 0.6 is 0 Å². The van der Waals surface area contributed by atoms with Crippen LogP contribution in [0.1, 0.15) is 26.3 Å². The number of benzene rings is 1. The van der Waals surface area contributed by atoms with Gasteiger partial charge in [-0.25, -0.2) is 14.6 Å². The minimum absolute atomic E-state index is 0.288. The normalized spacial score (nSPS) is 10.4. The number of amides is 1. The molecule has 96 valence electrons. The van der Waals surface area contributed by atoms with Crippen LogP contribution in [-0.4, -0.2) is 17.8 Å². The number of rotatable bonds is 3. The van der Waals surface area contributed by atoms with Crippen LogP contribution < -0.4 is 5.32 Å². The van der Waals surface area contributed by atoms with Crippen molar-refractivity contribution >= 4 is 17.9 Å². The maximum atomic E-state index is 11.5. The zero-order valence-corrected chi connectivity index (χ0v) is 10.7. The van der Waals surface area contributed by atoms with Gasteiger partial charge in [-0.2, -0.15) is 0 Å². The van der Waals surface area contributed by atoms with Crippen molar-refractivity contribution in [2.45, 2.75) is 32.9 Å². The average Bonchev–Trinajstić information content (AvgIpc) is 2.25. The van der Waals surface area contributed by atoms with Gasteiger partial charge in [-0.15, -0.1) is 0 Å². The molecular formula is C13H16N2O3. The molecule has 0 saturated heterocycles. The number of hydrogen-bond donors (Lipinski definition) is 1. The average molecular weight is 248 g/mol. The third-order valence-corrected chi connectivity index (χ3v) is 1.93. The molecular weight excluding hydrogens is 232 g/mol. The van der Waals surface area contributed by atoms with Crippen molar-refractivity contribution in [1.82, 2.24) is 0 Å². The Hall–Kier alpha value is -2.13. The molecule has 0 aliphatic carbocycles. The van der Waals surface area contributed by atoms with Crippen LogP contribution in [0.25, 0.3) is 0 Å². The van der Waals surface area contributed by atoms with E-state index < -0.39 is 11.7 Å². The van der Waals surface area contributed by atoms with Crippen molar-refractivity contribution in [2.24, 2.45) is 4.99 Å². The minimum Gasteiger partial charge on any atom is -0.444 e. The molecule has 1 N–H and O–H groups in total. The van der Waals surface area contributed by atoms with Gasteiger partial charge in [0.2, 0.25) is 6.08 Å². The summed E-state index contributed by atoms with van der Waals surface area (Å²) in [7, 11) is 0. The number of isocyanates is 1. The summed E-state index contributed by atoms with van der Waals surface area (Å²) in [6.45, 7) is 5.68. The molecule has 1 rings (SSSR count). The third kappa shape index (κ3) is 5.27.